The summed E-state index contributed by atoms with van der Waals surface area (Å²) in [5, 5.41) is 21.3. The number of ether oxygens (including phenoxy) is 1. The number of amides is 1. The van der Waals surface area contributed by atoms with Crippen LogP contribution in [0.25, 0.3) is 6.08 Å². The van der Waals surface area contributed by atoms with Crippen LogP contribution in [0.5, 0.6) is 5.75 Å². The number of carbonyl (C=O) groups excluding carboxylic acids is 1. The summed E-state index contributed by atoms with van der Waals surface area (Å²) in [6.07, 6.45) is 1.41. The molecule has 0 aliphatic heterocycles. The summed E-state index contributed by atoms with van der Waals surface area (Å²) in [5.74, 6) is -1.38. The summed E-state index contributed by atoms with van der Waals surface area (Å²) in [6, 6.07) is 10.2. The number of carboxylic acid groups (broad SMARTS) is 1. The van der Waals surface area contributed by atoms with E-state index in [9.17, 15) is 14.9 Å². The second-order valence-corrected chi connectivity index (χ2v) is 7.65. The van der Waals surface area contributed by atoms with Crippen LogP contribution in [-0.4, -0.2) is 23.6 Å². The van der Waals surface area contributed by atoms with Crippen LogP contribution in [0.3, 0.4) is 0 Å². The molecular formula is C19H13Br2ClN2O4. The second kappa shape index (κ2) is 9.73. The molecule has 2 aromatic rings. The van der Waals surface area contributed by atoms with Crippen molar-refractivity contribution in [3.05, 3.63) is 61.0 Å². The average molecular weight is 529 g/mol. The molecule has 0 heterocycles. The normalized spacial score (nSPS) is 10.9. The van der Waals surface area contributed by atoms with Gasteiger partial charge in [0.25, 0.3) is 5.91 Å². The fraction of sp³-hybridized carbons (Fsp3) is 0.105. The van der Waals surface area contributed by atoms with E-state index in [0.717, 1.165) is 0 Å². The van der Waals surface area contributed by atoms with E-state index < -0.39 is 18.5 Å². The lowest BCUT2D eigenvalue weighted by Crippen LogP contribution is -2.14. The van der Waals surface area contributed by atoms with Gasteiger partial charge in [-0.25, -0.2) is 4.79 Å². The van der Waals surface area contributed by atoms with Crippen molar-refractivity contribution < 1.29 is 19.4 Å². The molecule has 0 saturated heterocycles. The Balaban J connectivity index is 2.28. The number of hydrogen-bond acceptors (Lipinski definition) is 4. The van der Waals surface area contributed by atoms with E-state index in [1.165, 1.54) is 6.08 Å². The number of halogens is 3. The Kier molecular flexibility index (Phi) is 7.63. The van der Waals surface area contributed by atoms with Crippen molar-refractivity contribution in [3.63, 3.8) is 0 Å². The molecule has 2 N–H and O–H groups in total. The molecule has 0 aliphatic rings. The highest BCUT2D eigenvalue weighted by molar-refractivity contribution is 9.11. The Bertz CT molecular complexity index is 992. The molecule has 6 nitrogen and oxygen atoms in total. The second-order valence-electron chi connectivity index (χ2n) is 5.53. The number of nitriles is 1. The molecule has 0 radical (unpaired) electrons. The van der Waals surface area contributed by atoms with Crippen molar-refractivity contribution in [2.45, 2.75) is 6.92 Å². The van der Waals surface area contributed by atoms with E-state index in [0.29, 0.717) is 36.5 Å². The number of benzene rings is 2. The van der Waals surface area contributed by atoms with Crippen molar-refractivity contribution in [1.29, 1.82) is 5.26 Å². The van der Waals surface area contributed by atoms with Crippen molar-refractivity contribution in [3.8, 4) is 11.8 Å². The maximum atomic E-state index is 12.5. The fourth-order valence-corrected chi connectivity index (χ4v) is 3.81. The summed E-state index contributed by atoms with van der Waals surface area (Å²) in [6.45, 7) is 1.26. The van der Waals surface area contributed by atoms with E-state index in [-0.39, 0.29) is 5.57 Å². The van der Waals surface area contributed by atoms with Crippen molar-refractivity contribution in [2.75, 3.05) is 11.9 Å². The predicted octanol–water partition coefficient (Wildman–Crippen LogP) is 5.18. The van der Waals surface area contributed by atoms with Crippen LogP contribution in [0.15, 0.2) is 44.9 Å². The largest absolute Gasteiger partial charge is 0.480 e. The average Bonchev–Trinajstić information content (AvgIpc) is 2.62. The smallest absolute Gasteiger partial charge is 0.341 e. The van der Waals surface area contributed by atoms with E-state index in [1.54, 1.807) is 37.3 Å². The monoisotopic (exact) mass is 526 g/mol. The minimum atomic E-state index is -1.11. The number of anilines is 1. The molecule has 0 bridgehead atoms. The van der Waals surface area contributed by atoms with Gasteiger partial charge in [-0.1, -0.05) is 17.7 Å². The summed E-state index contributed by atoms with van der Waals surface area (Å²) >= 11 is 12.6. The molecule has 0 aromatic heterocycles. The van der Waals surface area contributed by atoms with E-state index >= 15 is 0 Å². The van der Waals surface area contributed by atoms with Gasteiger partial charge in [-0.15, -0.1) is 0 Å². The van der Waals surface area contributed by atoms with Gasteiger partial charge in [0.1, 0.15) is 17.4 Å². The molecule has 1 amide bonds. The summed E-state index contributed by atoms with van der Waals surface area (Å²) in [4.78, 5) is 23.1. The van der Waals surface area contributed by atoms with E-state index in [2.05, 4.69) is 37.2 Å². The fourth-order valence-electron chi connectivity index (χ4n) is 2.18. The van der Waals surface area contributed by atoms with Crippen LogP contribution in [0.4, 0.5) is 5.69 Å². The number of carbonyl (C=O) groups is 2. The van der Waals surface area contributed by atoms with Gasteiger partial charge in [0.2, 0.25) is 0 Å². The topological polar surface area (TPSA) is 99.4 Å². The number of nitrogens with zero attached hydrogens (tertiary/aromatic N) is 1. The minimum absolute atomic E-state index is 0.114. The first kappa shape index (κ1) is 22.0. The SMILES string of the molecule is Cc1c(Cl)cccc1NC(=O)/C(C#N)=C\c1cc(Br)c(OCC(=O)O)c(Br)c1. The van der Waals surface area contributed by atoms with Gasteiger partial charge in [0, 0.05) is 10.7 Å². The predicted molar refractivity (Wildman–Crippen MR) is 113 cm³/mol. The number of nitrogens with one attached hydrogen (secondary N) is 1. The highest BCUT2D eigenvalue weighted by Crippen LogP contribution is 2.35. The lowest BCUT2D eigenvalue weighted by atomic mass is 10.1. The molecule has 0 unspecified atom stereocenters. The van der Waals surface area contributed by atoms with Gasteiger partial charge in [-0.3, -0.25) is 4.79 Å². The third-order valence-corrected chi connectivity index (χ3v) is 5.14. The Hall–Kier alpha value is -2.34. The quantitative estimate of drug-likeness (QED) is 0.398. The maximum Gasteiger partial charge on any atom is 0.341 e. The number of rotatable bonds is 6. The highest BCUT2D eigenvalue weighted by Gasteiger charge is 2.14. The highest BCUT2D eigenvalue weighted by atomic mass is 79.9. The molecule has 144 valence electrons. The first-order valence-electron chi connectivity index (χ1n) is 7.74. The Morgan fingerprint density at radius 2 is 1.96 bits per heavy atom. The first-order valence-corrected chi connectivity index (χ1v) is 9.71. The van der Waals surface area contributed by atoms with E-state index in [1.807, 2.05) is 6.07 Å². The van der Waals surface area contributed by atoms with Gasteiger partial charge < -0.3 is 15.2 Å². The zero-order chi connectivity index (χ0) is 20.8. The van der Waals surface area contributed by atoms with Gasteiger partial charge in [-0.2, -0.15) is 5.26 Å². The molecule has 28 heavy (non-hydrogen) atoms. The van der Waals surface area contributed by atoms with E-state index in [4.69, 9.17) is 21.4 Å². The zero-order valence-electron chi connectivity index (χ0n) is 14.4. The Morgan fingerprint density at radius 1 is 1.32 bits per heavy atom. The molecule has 2 aromatic carbocycles. The van der Waals surface area contributed by atoms with Crippen LogP contribution < -0.4 is 10.1 Å². The molecule has 0 spiro atoms. The summed E-state index contributed by atoms with van der Waals surface area (Å²) in [5.41, 5.74) is 1.63. The van der Waals surface area contributed by atoms with Gasteiger partial charge in [0.15, 0.2) is 6.61 Å². The molecule has 0 atom stereocenters. The zero-order valence-corrected chi connectivity index (χ0v) is 18.4. The van der Waals surface area contributed by atoms with Crippen molar-refractivity contribution in [2.24, 2.45) is 0 Å². The maximum absolute atomic E-state index is 12.5. The van der Waals surface area contributed by atoms with Crippen molar-refractivity contribution >= 4 is 67.1 Å². The first-order chi connectivity index (χ1) is 13.2. The third-order valence-electron chi connectivity index (χ3n) is 3.55. The van der Waals surface area contributed by atoms with Gasteiger partial charge >= 0.3 is 5.97 Å². The van der Waals surface area contributed by atoms with Crippen LogP contribution >= 0.6 is 43.5 Å². The molecule has 0 fully saturated rings. The lowest BCUT2D eigenvalue weighted by molar-refractivity contribution is -0.139. The summed E-state index contributed by atoms with van der Waals surface area (Å²) < 4.78 is 6.14. The Morgan fingerprint density at radius 3 is 2.54 bits per heavy atom. The minimum Gasteiger partial charge on any atom is -0.480 e. The molecule has 9 heteroatoms. The lowest BCUT2D eigenvalue weighted by Gasteiger charge is -2.10. The van der Waals surface area contributed by atoms with Crippen molar-refractivity contribution in [1.82, 2.24) is 0 Å². The van der Waals surface area contributed by atoms with Crippen LogP contribution in [0, 0.1) is 18.3 Å². The van der Waals surface area contributed by atoms with Crippen LogP contribution in [0.2, 0.25) is 5.02 Å². The third kappa shape index (κ3) is 5.58. The van der Waals surface area contributed by atoms with Crippen LogP contribution in [-0.2, 0) is 9.59 Å². The van der Waals surface area contributed by atoms with Gasteiger partial charge in [0.05, 0.1) is 8.95 Å². The molecule has 0 aliphatic carbocycles. The number of carboxylic acids is 1. The molecular weight excluding hydrogens is 515 g/mol. The molecule has 0 saturated carbocycles. The standard InChI is InChI=1S/C19H13Br2ClN2O4/c1-10-15(22)3-2-4-16(10)24-19(27)12(8-23)5-11-6-13(20)18(14(21)7-11)28-9-17(25)26/h2-7H,9H2,1H3,(H,24,27)(H,25,26)/b12-5-. The number of hydrogen-bond donors (Lipinski definition) is 2. The molecule has 2 rings (SSSR count). The Labute approximate surface area is 183 Å². The summed E-state index contributed by atoms with van der Waals surface area (Å²) in [7, 11) is 0. The van der Waals surface area contributed by atoms with Crippen LogP contribution in [0.1, 0.15) is 11.1 Å². The number of aliphatic carboxylic acids is 1. The van der Waals surface area contributed by atoms with Gasteiger partial charge in [-0.05, 0) is 80.3 Å².